The second-order valence-corrected chi connectivity index (χ2v) is 26.8. The highest BCUT2D eigenvalue weighted by Crippen LogP contribution is 2.41. The van der Waals surface area contributed by atoms with Gasteiger partial charge in [0.05, 0.1) is 0 Å². The first kappa shape index (κ1) is 74.2. The van der Waals surface area contributed by atoms with E-state index in [1.54, 1.807) is 133 Å². The number of aromatic hydroxyl groups is 11. The van der Waals surface area contributed by atoms with Crippen molar-refractivity contribution in [3.8, 4) is 63.2 Å². The Morgan fingerprint density at radius 3 is 0.542 bits per heavy atom. The molecule has 11 N–H and O–H groups in total. The van der Waals surface area contributed by atoms with E-state index in [1.807, 2.05) is 6.92 Å². The fourth-order valence-corrected chi connectivity index (χ4v) is 12.6. The molecule has 496 valence electrons. The quantitative estimate of drug-likeness (QED) is 0.0491. The number of rotatable bonds is 14. The lowest BCUT2D eigenvalue weighted by molar-refractivity contribution is 0.453. The minimum absolute atomic E-state index is 0.0119. The van der Waals surface area contributed by atoms with Crippen LogP contribution in [0.1, 0.15) is 90.7 Å². The molecule has 0 aromatic heterocycles. The third kappa shape index (κ3) is 20.3. The van der Waals surface area contributed by atoms with Gasteiger partial charge in [0, 0.05) is 144 Å². The van der Waals surface area contributed by atoms with Gasteiger partial charge < -0.3 is 56.2 Å². The van der Waals surface area contributed by atoms with Gasteiger partial charge in [0.2, 0.25) is 0 Å². The molecule has 0 aliphatic carbocycles. The van der Waals surface area contributed by atoms with E-state index in [4.69, 9.17) is 128 Å². The van der Waals surface area contributed by atoms with Crippen LogP contribution >= 0.6 is 128 Å². The molecule has 0 radical (unpaired) electrons. The molecule has 22 heteroatoms. The van der Waals surface area contributed by atoms with Crippen molar-refractivity contribution in [2.24, 2.45) is 0 Å². The van der Waals surface area contributed by atoms with E-state index in [0.717, 1.165) is 0 Å². The summed E-state index contributed by atoms with van der Waals surface area (Å²) < 4.78 is 0. The first-order valence-electron chi connectivity index (χ1n) is 28.8. The van der Waals surface area contributed by atoms with E-state index in [9.17, 15) is 56.2 Å². The van der Waals surface area contributed by atoms with Crippen molar-refractivity contribution in [3.05, 3.63) is 315 Å². The van der Waals surface area contributed by atoms with E-state index in [-0.39, 0.29) is 101 Å². The lowest BCUT2D eigenvalue weighted by atomic mass is 9.92. The Labute approximate surface area is 608 Å². The minimum Gasteiger partial charge on any atom is -0.508 e. The normalized spacial score (nSPS) is 10.9. The highest BCUT2D eigenvalue weighted by atomic mass is 35.5. The molecule has 11 aromatic rings. The summed E-state index contributed by atoms with van der Waals surface area (Å²) in [7, 11) is 0. The van der Waals surface area contributed by atoms with Crippen LogP contribution in [0.2, 0.25) is 55.2 Å². The van der Waals surface area contributed by atoms with E-state index in [2.05, 4.69) is 0 Å². The smallest absolute Gasteiger partial charge is 0.122 e. The van der Waals surface area contributed by atoms with Gasteiger partial charge >= 0.3 is 0 Å². The molecular formula is C74H57Cl11O11. The van der Waals surface area contributed by atoms with Gasteiger partial charge in [-0.15, -0.1) is 0 Å². The van der Waals surface area contributed by atoms with Gasteiger partial charge in [-0.3, -0.25) is 0 Å². The predicted octanol–water partition coefficient (Wildman–Crippen LogP) is 22.4. The van der Waals surface area contributed by atoms with Gasteiger partial charge in [0.1, 0.15) is 63.2 Å². The number of phenolic OH excluding ortho intramolecular Hbond substituents is 11. The van der Waals surface area contributed by atoms with Crippen LogP contribution in [0, 0.1) is 0 Å². The van der Waals surface area contributed by atoms with Gasteiger partial charge in [-0.05, 0) is 215 Å². The number of benzene rings is 11. The maximum Gasteiger partial charge on any atom is 0.122 e. The van der Waals surface area contributed by atoms with Gasteiger partial charge in [-0.25, -0.2) is 0 Å². The molecular weight excluding hydrogens is 1450 g/mol. The van der Waals surface area contributed by atoms with Crippen LogP contribution in [0.3, 0.4) is 0 Å². The fraction of sp³-hybridized carbons (Fsp3) is 0.108. The summed E-state index contributed by atoms with van der Waals surface area (Å²) in [4.78, 5) is 0. The molecule has 0 atom stereocenters. The van der Waals surface area contributed by atoms with Crippen molar-refractivity contribution < 1.29 is 56.2 Å². The summed E-state index contributed by atoms with van der Waals surface area (Å²) in [6.07, 6.45) is 1.43. The predicted molar refractivity (Wildman–Crippen MR) is 389 cm³/mol. The Kier molecular flexibility index (Phi) is 26.0. The number of hydrogen-bond acceptors (Lipinski definition) is 11. The summed E-state index contributed by atoms with van der Waals surface area (Å²) in [5, 5.41) is 117. The van der Waals surface area contributed by atoms with Gasteiger partial charge in [-0.2, -0.15) is 0 Å². The fourth-order valence-electron chi connectivity index (χ4n) is 10.3. The van der Waals surface area contributed by atoms with Gasteiger partial charge in [0.15, 0.2) is 0 Å². The molecule has 11 nitrogen and oxygen atoms in total. The van der Waals surface area contributed by atoms with E-state index < -0.39 is 0 Å². The molecule has 0 spiro atoms. The number of halogens is 11. The molecule has 0 aliphatic rings. The van der Waals surface area contributed by atoms with Crippen molar-refractivity contribution >= 4 is 128 Å². The molecule has 0 bridgehead atoms. The molecule has 0 amide bonds. The molecule has 96 heavy (non-hydrogen) atoms. The average molecular weight is 1510 g/mol. The maximum atomic E-state index is 11.0. The number of phenols is 11. The highest BCUT2D eigenvalue weighted by Gasteiger charge is 2.21. The van der Waals surface area contributed by atoms with Crippen molar-refractivity contribution in [2.45, 2.75) is 51.4 Å². The highest BCUT2D eigenvalue weighted by molar-refractivity contribution is 6.34. The summed E-state index contributed by atoms with van der Waals surface area (Å²) in [5.41, 5.74) is 7.87. The Hall–Kier alpha value is -7.59. The molecule has 0 unspecified atom stereocenters. The lowest BCUT2D eigenvalue weighted by Crippen LogP contribution is -1.98. The van der Waals surface area contributed by atoms with Crippen molar-refractivity contribution in [2.75, 3.05) is 0 Å². The topological polar surface area (TPSA) is 223 Å². The van der Waals surface area contributed by atoms with Gasteiger partial charge in [0.25, 0.3) is 0 Å². The first-order chi connectivity index (χ1) is 45.5. The minimum atomic E-state index is -0.206. The zero-order valence-electron chi connectivity index (χ0n) is 50.2. The third-order valence-electron chi connectivity index (χ3n) is 15.1. The summed E-state index contributed by atoms with van der Waals surface area (Å²) in [6, 6.07) is 47.8. The van der Waals surface area contributed by atoms with Crippen LogP contribution in [0.5, 0.6) is 63.2 Å². The van der Waals surface area contributed by atoms with Crippen molar-refractivity contribution in [3.63, 3.8) is 0 Å². The lowest BCUT2D eigenvalue weighted by Gasteiger charge is -2.16. The third-order valence-corrected chi connectivity index (χ3v) is 17.7. The largest absolute Gasteiger partial charge is 0.508 e. The van der Waals surface area contributed by atoms with Crippen molar-refractivity contribution in [1.82, 2.24) is 0 Å². The molecule has 0 fully saturated rings. The molecule has 0 saturated heterocycles. The second-order valence-electron chi connectivity index (χ2n) is 22.0. The van der Waals surface area contributed by atoms with E-state index >= 15 is 0 Å². The first-order valence-corrected chi connectivity index (χ1v) is 33.0. The molecule has 0 saturated carbocycles. The van der Waals surface area contributed by atoms with Gasteiger partial charge in [-0.1, -0.05) is 135 Å². The van der Waals surface area contributed by atoms with Crippen LogP contribution < -0.4 is 0 Å². The Bertz CT molecular complexity index is 4360. The Balaban J connectivity index is 0.000000171. The standard InChI is InChI=1S/C27H20Cl4O4.C20H15Cl3O3.C14H12Cl2O2.C13H10Cl2O2/c28-20-1-3-24(32)14(8-20)5-16-10-22(30)12-18(26(16)34)7-19-13-23(31)11-17(27(19)35)6-15-9-21(29)2-4-25(15)33;21-15-1-3-18(24)11(7-15)5-13-9-17(23)10-14(20(13)26)6-12-8-16(22)2-4-19(12)25;1-8(11-6-9(15)2-4-13(11)17)12-7-10(16)3-5-14(12)18;14-10-1-3-12(16)8(6-10)5-9-7-11(15)2-4-13(9)17/h1-4,8-13,32-35H,5-7H2;1-4,7-10,24-26H,5-6H2;2-8,17-18H,1H3;1-4,6-7,16-17H,5H2. The monoisotopic (exact) mass is 1510 g/mol. The summed E-state index contributed by atoms with van der Waals surface area (Å²) in [6.45, 7) is 1.87. The molecule has 11 aromatic carbocycles. The van der Waals surface area contributed by atoms with Crippen LogP contribution in [0.15, 0.2) is 182 Å². The zero-order chi connectivity index (χ0) is 69.8. The van der Waals surface area contributed by atoms with E-state index in [0.29, 0.717) is 140 Å². The van der Waals surface area contributed by atoms with Crippen LogP contribution in [-0.2, 0) is 38.5 Å². The van der Waals surface area contributed by atoms with Crippen LogP contribution in [0.4, 0.5) is 0 Å². The zero-order valence-corrected chi connectivity index (χ0v) is 58.5. The van der Waals surface area contributed by atoms with Crippen LogP contribution in [0.25, 0.3) is 0 Å². The molecule has 11 rings (SSSR count). The second kappa shape index (κ2) is 33.6. The van der Waals surface area contributed by atoms with Crippen molar-refractivity contribution in [1.29, 1.82) is 0 Å². The molecule has 0 aliphatic heterocycles. The summed E-state index contributed by atoms with van der Waals surface area (Å²) in [5.74, 6) is 0.680. The van der Waals surface area contributed by atoms with E-state index in [1.165, 1.54) is 48.5 Å². The maximum absolute atomic E-state index is 11.0. The average Bonchev–Trinajstić information content (AvgIpc) is 0.839. The van der Waals surface area contributed by atoms with Crippen LogP contribution in [-0.4, -0.2) is 56.2 Å². The Morgan fingerprint density at radius 2 is 0.344 bits per heavy atom. The Morgan fingerprint density at radius 1 is 0.198 bits per heavy atom. The number of hydrogen-bond donors (Lipinski definition) is 11. The summed E-state index contributed by atoms with van der Waals surface area (Å²) >= 11 is 66.5. The molecule has 0 heterocycles. The SMILES string of the molecule is CC(c1cc(Cl)ccc1O)c1cc(Cl)ccc1O.Oc1ccc(Cl)cc1Cc1cc(Cl)cc(Cc2cc(Cl)cc(Cc3cc(Cl)ccc3O)c2O)c1O.Oc1ccc(Cl)cc1Cc1cc(Cl)cc(Cc2cc(Cl)ccc2O)c1O.Oc1ccc(Cl)cc1Cc1cc(Cl)ccc1O.